The van der Waals surface area contributed by atoms with Crippen molar-refractivity contribution in [3.8, 4) is 0 Å². The zero-order chi connectivity index (χ0) is 33.8. The first kappa shape index (κ1) is 46.1. The van der Waals surface area contributed by atoms with E-state index >= 15 is 0 Å². The van der Waals surface area contributed by atoms with Crippen LogP contribution in [0.25, 0.3) is 0 Å². The monoisotopic (exact) mass is 718 g/mol. The van der Waals surface area contributed by atoms with Crippen molar-refractivity contribution >= 4 is 45.0 Å². The van der Waals surface area contributed by atoms with E-state index in [-0.39, 0.29) is 34.0 Å². The predicted octanol–water partition coefficient (Wildman–Crippen LogP) is 4.11. The SMILES string of the molecule is CCCCC(CC)CC(CCCC(=O)[O-])C(=O)[O-].CCCCC(CC)CC(CCCC(=O)[O-])C(=O)[O-].C[CH](C)[Sn+4][CH](C)C. The summed E-state index contributed by atoms with van der Waals surface area (Å²) in [5, 5.41) is 42.6. The van der Waals surface area contributed by atoms with E-state index in [9.17, 15) is 39.6 Å². The summed E-state index contributed by atoms with van der Waals surface area (Å²) in [6.07, 6.45) is 10.9. The van der Waals surface area contributed by atoms with E-state index in [2.05, 4.69) is 55.4 Å². The van der Waals surface area contributed by atoms with E-state index in [0.29, 0.717) is 50.4 Å². The molecule has 9 heteroatoms. The Bertz CT molecular complexity index is 653. The van der Waals surface area contributed by atoms with E-state index in [0.717, 1.165) is 59.2 Å². The van der Waals surface area contributed by atoms with Gasteiger partial charge in [0.2, 0.25) is 0 Å². The summed E-state index contributed by atoms with van der Waals surface area (Å²) in [5.74, 6) is -4.59. The third kappa shape index (κ3) is 33.4. The number of carboxylic acids is 4. The van der Waals surface area contributed by atoms with E-state index in [4.69, 9.17) is 0 Å². The molecule has 0 aromatic rings. The second-order valence-electron chi connectivity index (χ2n) is 12.3. The van der Waals surface area contributed by atoms with Crippen LogP contribution >= 0.6 is 0 Å². The van der Waals surface area contributed by atoms with E-state index in [1.807, 2.05) is 0 Å². The molecule has 8 nitrogen and oxygen atoms in total. The van der Waals surface area contributed by atoms with Gasteiger partial charge in [-0.05, 0) is 75.0 Å². The molecule has 0 saturated carbocycles. The Morgan fingerprint density at radius 3 is 1.05 bits per heavy atom. The van der Waals surface area contributed by atoms with Crippen LogP contribution in [-0.4, -0.2) is 45.0 Å². The molecule has 0 heterocycles. The van der Waals surface area contributed by atoms with Gasteiger partial charge in [0.05, 0.1) is 0 Å². The average Bonchev–Trinajstić information content (AvgIpc) is 2.90. The van der Waals surface area contributed by atoms with Crippen molar-refractivity contribution in [2.45, 2.75) is 166 Å². The Balaban J connectivity index is -0.000000611. The maximum atomic E-state index is 11.0. The van der Waals surface area contributed by atoms with E-state index in [1.54, 1.807) is 0 Å². The predicted molar refractivity (Wildman–Crippen MR) is 167 cm³/mol. The fourth-order valence-electron chi connectivity index (χ4n) is 5.08. The van der Waals surface area contributed by atoms with Crippen LogP contribution in [0.5, 0.6) is 0 Å². The number of carboxylic acid groups (broad SMARTS) is 4. The van der Waals surface area contributed by atoms with Gasteiger partial charge >= 0.3 is 56.7 Å². The number of carbonyl (C=O) groups excluding carboxylic acids is 4. The van der Waals surface area contributed by atoms with Gasteiger partial charge in [0.1, 0.15) is 0 Å². The summed E-state index contributed by atoms with van der Waals surface area (Å²) < 4.78 is 2.09. The first-order chi connectivity index (χ1) is 20.1. The number of carbonyl (C=O) groups is 4. The molecule has 0 fully saturated rings. The summed E-state index contributed by atoms with van der Waals surface area (Å²) in [7, 11) is 0. The number of aliphatic carboxylic acids is 4. The van der Waals surface area contributed by atoms with Crippen molar-refractivity contribution in [2.24, 2.45) is 23.7 Å². The van der Waals surface area contributed by atoms with Gasteiger partial charge in [0.15, 0.2) is 0 Å². The number of hydrogen-bond donors (Lipinski definition) is 0. The Kier molecular flexibility index (Phi) is 32.9. The molecule has 0 rings (SSSR count). The molecule has 250 valence electrons. The molecule has 6 radical (unpaired) electrons. The topological polar surface area (TPSA) is 161 Å². The number of unbranched alkanes of at least 4 members (excludes halogenated alkanes) is 2. The Labute approximate surface area is 273 Å². The molecular weight excluding hydrogens is 655 g/mol. The van der Waals surface area contributed by atoms with Crippen LogP contribution in [0.2, 0.25) is 7.87 Å². The fourth-order valence-corrected chi connectivity index (χ4v) is 8.89. The summed E-state index contributed by atoms with van der Waals surface area (Å²) in [6.45, 7) is 17.7. The van der Waals surface area contributed by atoms with Gasteiger partial charge in [0, 0.05) is 23.9 Å². The van der Waals surface area contributed by atoms with Crippen molar-refractivity contribution in [2.75, 3.05) is 0 Å². The van der Waals surface area contributed by atoms with Gasteiger partial charge in [0.25, 0.3) is 0 Å². The first-order valence-corrected chi connectivity index (χ1v) is 20.0. The average molecular weight is 718 g/mol. The van der Waals surface area contributed by atoms with Gasteiger partial charge in [-0.25, -0.2) is 0 Å². The Hall–Kier alpha value is -1.32. The van der Waals surface area contributed by atoms with Gasteiger partial charge in [-0.1, -0.05) is 79.1 Å². The van der Waals surface area contributed by atoms with E-state index in [1.165, 1.54) is 0 Å². The molecular formula is C34H62O8Sn. The standard InChI is InChI=1S/2C14H26O4.2C3H7.Sn/c2*1-3-5-7-11(4-2)10-12(14(17)18)8-6-9-13(15)16;2*1-3-2;/h2*11-12H,3-10H2,1-2H3,(H,15,16)(H,17,18);2*3H,1-2H3;/q;;;;+4/p-4. The van der Waals surface area contributed by atoms with Crippen molar-refractivity contribution in [3.63, 3.8) is 0 Å². The van der Waals surface area contributed by atoms with Crippen LogP contribution in [-0.2, 0) is 19.2 Å². The molecule has 4 atom stereocenters. The van der Waals surface area contributed by atoms with Gasteiger partial charge in [-0.3, -0.25) is 0 Å². The molecule has 0 aromatic carbocycles. The fraction of sp³-hybridized carbons (Fsp3) is 0.882. The molecule has 4 unspecified atom stereocenters. The van der Waals surface area contributed by atoms with Crippen LogP contribution in [0.4, 0.5) is 0 Å². The third-order valence-corrected chi connectivity index (χ3v) is 11.3. The second-order valence-corrected chi connectivity index (χ2v) is 19.9. The van der Waals surface area contributed by atoms with Crippen molar-refractivity contribution in [1.82, 2.24) is 0 Å². The summed E-state index contributed by atoms with van der Waals surface area (Å²) in [4.78, 5) is 42.6. The maximum absolute atomic E-state index is 11.0. The molecule has 0 N–H and O–H groups in total. The van der Waals surface area contributed by atoms with Crippen molar-refractivity contribution < 1.29 is 39.6 Å². The van der Waals surface area contributed by atoms with Crippen LogP contribution in [0.15, 0.2) is 0 Å². The van der Waals surface area contributed by atoms with Gasteiger partial charge in [-0.15, -0.1) is 0 Å². The van der Waals surface area contributed by atoms with Crippen LogP contribution < -0.4 is 20.4 Å². The first-order valence-electron chi connectivity index (χ1n) is 16.7. The molecule has 0 aromatic heterocycles. The second kappa shape index (κ2) is 30.7. The number of rotatable bonds is 24. The molecule has 0 aliphatic heterocycles. The minimum atomic E-state index is -1.12. The van der Waals surface area contributed by atoms with Gasteiger partial charge in [-0.2, -0.15) is 0 Å². The quantitative estimate of drug-likeness (QED) is 0.135. The van der Waals surface area contributed by atoms with Crippen LogP contribution in [0.1, 0.15) is 158 Å². The normalized spacial score (nSPS) is 13.6. The molecule has 0 aliphatic rings. The molecule has 0 amide bonds. The summed E-state index contributed by atoms with van der Waals surface area (Å²) >= 11 is 0.0389. The van der Waals surface area contributed by atoms with Crippen molar-refractivity contribution in [1.29, 1.82) is 0 Å². The van der Waals surface area contributed by atoms with Crippen LogP contribution in [0.3, 0.4) is 0 Å². The molecule has 43 heavy (non-hydrogen) atoms. The summed E-state index contributed by atoms with van der Waals surface area (Å²) in [6, 6.07) is 0. The van der Waals surface area contributed by atoms with Crippen molar-refractivity contribution in [3.05, 3.63) is 0 Å². The Morgan fingerprint density at radius 1 is 0.535 bits per heavy atom. The van der Waals surface area contributed by atoms with E-state index < -0.39 is 35.7 Å². The molecule has 0 bridgehead atoms. The Morgan fingerprint density at radius 2 is 0.860 bits per heavy atom. The molecule has 0 aliphatic carbocycles. The summed E-state index contributed by atoms with van der Waals surface area (Å²) in [5.41, 5.74) is 0. The van der Waals surface area contributed by atoms with Gasteiger partial charge < -0.3 is 39.6 Å². The third-order valence-electron chi connectivity index (χ3n) is 7.52. The van der Waals surface area contributed by atoms with Crippen LogP contribution in [0, 0.1) is 23.7 Å². The molecule has 0 saturated heterocycles. The molecule has 0 spiro atoms. The minimum absolute atomic E-state index is 0.0389. The zero-order valence-corrected chi connectivity index (χ0v) is 31.4. The zero-order valence-electron chi connectivity index (χ0n) is 28.5. The number of hydrogen-bond acceptors (Lipinski definition) is 8.